The quantitative estimate of drug-likeness (QED) is 0.482. The van der Waals surface area contributed by atoms with Crippen LogP contribution in [0.2, 0.25) is 5.02 Å². The minimum absolute atomic E-state index is 0.221. The van der Waals surface area contributed by atoms with Gasteiger partial charge in [-0.2, -0.15) is 0 Å². The van der Waals surface area contributed by atoms with E-state index in [-0.39, 0.29) is 12.4 Å². The van der Waals surface area contributed by atoms with Gasteiger partial charge in [0.1, 0.15) is 11.6 Å². The van der Waals surface area contributed by atoms with Crippen molar-refractivity contribution in [1.82, 2.24) is 9.97 Å². The van der Waals surface area contributed by atoms with Crippen LogP contribution in [0.1, 0.15) is 30.5 Å². The molecular weight excluding hydrogens is 377 g/mol. The summed E-state index contributed by atoms with van der Waals surface area (Å²) in [5, 5.41) is 12.7. The summed E-state index contributed by atoms with van der Waals surface area (Å²) in [4.78, 5) is 9.04. The lowest BCUT2D eigenvalue weighted by atomic mass is 10.1. The highest BCUT2D eigenvalue weighted by molar-refractivity contribution is 6.33. The fraction of sp³-hybridized carbons (Fsp3) is 0.273. The van der Waals surface area contributed by atoms with Crippen molar-refractivity contribution >= 4 is 17.4 Å². The van der Waals surface area contributed by atoms with Gasteiger partial charge in [0.15, 0.2) is 0 Å². The topological polar surface area (TPSA) is 58.0 Å². The summed E-state index contributed by atoms with van der Waals surface area (Å²) < 4.78 is 13.3. The number of aliphatic hydroxyl groups excluding tert-OH is 1. The Morgan fingerprint density at radius 2 is 1.89 bits per heavy atom. The molecule has 0 aliphatic rings. The van der Waals surface area contributed by atoms with E-state index in [4.69, 9.17) is 16.7 Å². The maximum Gasteiger partial charge on any atom is 0.126 e. The van der Waals surface area contributed by atoms with Crippen LogP contribution in [-0.4, -0.2) is 21.7 Å². The lowest BCUT2D eigenvalue weighted by Gasteiger charge is -2.10. The molecule has 146 valence electrons. The molecule has 0 unspecified atom stereocenters. The molecule has 2 heterocycles. The maximum atomic E-state index is 13.3. The monoisotopic (exact) mass is 399 g/mol. The van der Waals surface area contributed by atoms with E-state index in [1.807, 2.05) is 30.3 Å². The van der Waals surface area contributed by atoms with Crippen LogP contribution in [0.4, 0.5) is 10.2 Å². The Balaban J connectivity index is 1.72. The number of rotatable bonds is 9. The van der Waals surface area contributed by atoms with Crippen molar-refractivity contribution < 1.29 is 9.50 Å². The first-order chi connectivity index (χ1) is 13.7. The smallest absolute Gasteiger partial charge is 0.126 e. The van der Waals surface area contributed by atoms with E-state index in [9.17, 15) is 4.39 Å². The first kappa shape index (κ1) is 20.2. The summed E-state index contributed by atoms with van der Waals surface area (Å²) >= 11 is 6.36. The molecule has 1 aromatic carbocycles. The van der Waals surface area contributed by atoms with Gasteiger partial charge in [-0.3, -0.25) is 4.98 Å². The minimum Gasteiger partial charge on any atom is -0.396 e. The van der Waals surface area contributed by atoms with Crippen LogP contribution in [0.5, 0.6) is 0 Å². The predicted octanol–water partition coefficient (Wildman–Crippen LogP) is 5.25. The number of aryl methyl sites for hydroxylation is 1. The van der Waals surface area contributed by atoms with Crippen molar-refractivity contribution in [2.24, 2.45) is 0 Å². The van der Waals surface area contributed by atoms with Crippen LogP contribution < -0.4 is 5.32 Å². The fourth-order valence-corrected chi connectivity index (χ4v) is 3.13. The van der Waals surface area contributed by atoms with Gasteiger partial charge < -0.3 is 10.4 Å². The van der Waals surface area contributed by atoms with E-state index < -0.39 is 0 Å². The zero-order valence-corrected chi connectivity index (χ0v) is 16.3. The number of aliphatic hydroxyl groups is 1. The number of pyridine rings is 2. The number of nitrogens with one attached hydrogen (secondary N) is 1. The first-order valence-corrected chi connectivity index (χ1v) is 9.74. The standard InChI is InChI=1S/C22H23ClFN3O/c23-20-15-25-18(8-2-1-3-11-28)13-19(20)21-9-5-10-22(27-21)26-14-16-6-4-7-17(24)12-16/h4-7,9-10,12-13,15,28H,1-3,8,11,14H2,(H,26,27). The van der Waals surface area contributed by atoms with Crippen molar-refractivity contribution in [2.45, 2.75) is 32.2 Å². The van der Waals surface area contributed by atoms with Crippen molar-refractivity contribution in [2.75, 3.05) is 11.9 Å². The summed E-state index contributed by atoms with van der Waals surface area (Å²) in [5.41, 5.74) is 3.40. The molecule has 0 fully saturated rings. The van der Waals surface area contributed by atoms with Crippen LogP contribution in [0, 0.1) is 5.82 Å². The highest BCUT2D eigenvalue weighted by atomic mass is 35.5. The van der Waals surface area contributed by atoms with Crippen molar-refractivity contribution in [3.63, 3.8) is 0 Å². The number of halogens is 2. The third-order valence-corrected chi connectivity index (χ3v) is 4.69. The van der Waals surface area contributed by atoms with Gasteiger partial charge in [0.05, 0.1) is 10.7 Å². The zero-order chi connectivity index (χ0) is 19.8. The molecule has 0 spiro atoms. The number of benzene rings is 1. The van der Waals surface area contributed by atoms with Gasteiger partial charge in [-0.25, -0.2) is 9.37 Å². The minimum atomic E-state index is -0.254. The summed E-state index contributed by atoms with van der Waals surface area (Å²) in [7, 11) is 0. The van der Waals surface area contributed by atoms with Gasteiger partial charge in [-0.15, -0.1) is 0 Å². The van der Waals surface area contributed by atoms with E-state index in [0.717, 1.165) is 48.2 Å². The SMILES string of the molecule is OCCCCCc1cc(-c2cccc(NCc3cccc(F)c3)n2)c(Cl)cn1. The van der Waals surface area contributed by atoms with E-state index in [1.54, 1.807) is 12.3 Å². The molecule has 0 atom stereocenters. The van der Waals surface area contributed by atoms with Gasteiger partial charge in [0.25, 0.3) is 0 Å². The van der Waals surface area contributed by atoms with Crippen molar-refractivity contribution in [3.05, 3.63) is 76.8 Å². The zero-order valence-electron chi connectivity index (χ0n) is 15.5. The fourth-order valence-electron chi connectivity index (χ4n) is 2.93. The van der Waals surface area contributed by atoms with Crippen LogP contribution >= 0.6 is 11.6 Å². The Hall–Kier alpha value is -2.50. The molecule has 2 N–H and O–H groups in total. The molecule has 6 heteroatoms. The molecule has 0 radical (unpaired) electrons. The molecule has 2 aromatic heterocycles. The average Bonchev–Trinajstić information content (AvgIpc) is 2.71. The van der Waals surface area contributed by atoms with Crippen LogP contribution in [0.3, 0.4) is 0 Å². The molecule has 4 nitrogen and oxygen atoms in total. The predicted molar refractivity (Wildman–Crippen MR) is 111 cm³/mol. The third kappa shape index (κ3) is 5.75. The van der Waals surface area contributed by atoms with Gasteiger partial charge in [0, 0.05) is 30.6 Å². The Morgan fingerprint density at radius 3 is 2.71 bits per heavy atom. The number of hydrogen-bond donors (Lipinski definition) is 2. The Kier molecular flexibility index (Phi) is 7.34. The Labute approximate surface area is 169 Å². The summed E-state index contributed by atoms with van der Waals surface area (Å²) in [5.74, 6) is 0.440. The van der Waals surface area contributed by atoms with Gasteiger partial charge in [-0.05, 0) is 55.2 Å². The van der Waals surface area contributed by atoms with Crippen LogP contribution in [0.25, 0.3) is 11.3 Å². The molecule has 28 heavy (non-hydrogen) atoms. The van der Waals surface area contributed by atoms with Crippen molar-refractivity contribution in [3.8, 4) is 11.3 Å². The number of hydrogen-bond acceptors (Lipinski definition) is 4. The van der Waals surface area contributed by atoms with E-state index in [1.165, 1.54) is 12.1 Å². The van der Waals surface area contributed by atoms with Crippen molar-refractivity contribution in [1.29, 1.82) is 0 Å². The third-order valence-electron chi connectivity index (χ3n) is 4.39. The second-order valence-corrected chi connectivity index (χ2v) is 6.99. The van der Waals surface area contributed by atoms with Crippen LogP contribution in [-0.2, 0) is 13.0 Å². The number of nitrogens with zero attached hydrogens (tertiary/aromatic N) is 2. The molecule has 0 aliphatic carbocycles. The number of aromatic nitrogens is 2. The van der Waals surface area contributed by atoms with E-state index in [0.29, 0.717) is 17.4 Å². The summed E-state index contributed by atoms with van der Waals surface area (Å²) in [6, 6.07) is 14.1. The largest absolute Gasteiger partial charge is 0.396 e. The molecule has 0 bridgehead atoms. The Morgan fingerprint density at radius 1 is 1.04 bits per heavy atom. The molecule has 0 saturated heterocycles. The number of unbranched alkanes of at least 4 members (excludes halogenated alkanes) is 2. The second-order valence-electron chi connectivity index (χ2n) is 6.58. The molecule has 0 amide bonds. The lowest BCUT2D eigenvalue weighted by Crippen LogP contribution is -2.02. The van der Waals surface area contributed by atoms with Gasteiger partial charge in [0.2, 0.25) is 0 Å². The van der Waals surface area contributed by atoms with Gasteiger partial charge in [-0.1, -0.05) is 36.2 Å². The molecule has 0 aliphatic heterocycles. The molecule has 0 saturated carbocycles. The Bertz CT molecular complexity index is 920. The summed E-state index contributed by atoms with van der Waals surface area (Å²) in [6.07, 6.45) is 5.24. The summed E-state index contributed by atoms with van der Waals surface area (Å²) in [6.45, 7) is 0.701. The first-order valence-electron chi connectivity index (χ1n) is 9.37. The van der Waals surface area contributed by atoms with E-state index >= 15 is 0 Å². The average molecular weight is 400 g/mol. The van der Waals surface area contributed by atoms with Gasteiger partial charge >= 0.3 is 0 Å². The second kappa shape index (κ2) is 10.2. The molecular formula is C22H23ClFN3O. The molecule has 3 aromatic rings. The highest BCUT2D eigenvalue weighted by Gasteiger charge is 2.09. The van der Waals surface area contributed by atoms with E-state index in [2.05, 4.69) is 15.3 Å². The lowest BCUT2D eigenvalue weighted by molar-refractivity contribution is 0.283. The van der Waals surface area contributed by atoms with Crippen LogP contribution in [0.15, 0.2) is 54.7 Å². The highest BCUT2D eigenvalue weighted by Crippen LogP contribution is 2.28. The molecule has 3 rings (SSSR count). The maximum absolute atomic E-state index is 13.3. The normalized spacial score (nSPS) is 10.8. The number of anilines is 1.